The summed E-state index contributed by atoms with van der Waals surface area (Å²) >= 11 is 1.57. The lowest BCUT2D eigenvalue weighted by atomic mass is 9.97. The average molecular weight is 580 g/mol. The van der Waals surface area contributed by atoms with Gasteiger partial charge in [-0.15, -0.1) is 11.3 Å². The lowest BCUT2D eigenvalue weighted by Gasteiger charge is -2.29. The van der Waals surface area contributed by atoms with Crippen molar-refractivity contribution in [2.24, 2.45) is 5.92 Å². The molecule has 3 aromatic rings. The number of hydrogen-bond acceptors (Lipinski definition) is 6. The second-order valence-electron chi connectivity index (χ2n) is 11.5. The normalized spacial score (nSPS) is 17.2. The van der Waals surface area contributed by atoms with Gasteiger partial charge in [-0.1, -0.05) is 38.5 Å². The van der Waals surface area contributed by atoms with Gasteiger partial charge in [-0.05, 0) is 79.8 Å². The molecule has 5 rings (SSSR count). The molecule has 0 amide bonds. The molecule has 1 fully saturated rings. The second kappa shape index (κ2) is 13.3. The molecule has 3 heterocycles. The second-order valence-corrected chi connectivity index (χ2v) is 12.3. The summed E-state index contributed by atoms with van der Waals surface area (Å²) in [6.07, 6.45) is 6.38. The van der Waals surface area contributed by atoms with Crippen molar-refractivity contribution in [2.45, 2.75) is 78.4 Å². The van der Waals surface area contributed by atoms with Crippen molar-refractivity contribution >= 4 is 22.4 Å². The highest BCUT2D eigenvalue weighted by Crippen LogP contribution is 2.37. The van der Waals surface area contributed by atoms with E-state index in [1.807, 2.05) is 30.5 Å². The largest absolute Gasteiger partial charge is 0.488 e. The predicted molar refractivity (Wildman–Crippen MR) is 164 cm³/mol. The Kier molecular flexibility index (Phi) is 9.60. The number of ether oxygens (including phenoxy) is 1. The molecule has 0 spiro atoms. The van der Waals surface area contributed by atoms with E-state index >= 15 is 4.39 Å². The highest BCUT2D eigenvalue weighted by Gasteiger charge is 2.26. The molecule has 1 unspecified atom stereocenters. The zero-order valence-corrected chi connectivity index (χ0v) is 25.3. The zero-order chi connectivity index (χ0) is 28.9. The van der Waals surface area contributed by atoms with E-state index in [0.717, 1.165) is 76.7 Å². The van der Waals surface area contributed by atoms with E-state index in [-0.39, 0.29) is 11.7 Å². The first kappa shape index (κ1) is 29.5. The molecule has 8 heteroatoms. The number of anilines is 1. The van der Waals surface area contributed by atoms with Gasteiger partial charge in [0, 0.05) is 43.2 Å². The number of halogens is 1. The lowest BCUT2D eigenvalue weighted by molar-refractivity contribution is -0.142. The molecule has 2 aromatic carbocycles. The quantitative estimate of drug-likeness (QED) is 0.276. The van der Waals surface area contributed by atoms with Crippen LogP contribution in [-0.4, -0.2) is 53.2 Å². The summed E-state index contributed by atoms with van der Waals surface area (Å²) in [5.74, 6) is -0.332. The standard InChI is InChI=1S/C33H42FN3O3S/c1-4-7-26(5-2)36-14-12-25-18-23(19-29(34)27(25)13-17-36)20-40-31-22(3)8-6-9-28(31)30-21-41-33(35-30)37-15-10-24(11-16-37)32(38)39/h6,8-9,18-19,21,24,26H,4-5,7,10-17,20H2,1-3H3,(H,38,39). The maximum atomic E-state index is 15.3. The average Bonchev–Trinajstić information content (AvgIpc) is 3.36. The van der Waals surface area contributed by atoms with E-state index in [0.29, 0.717) is 38.6 Å². The number of carboxylic acids is 1. The molecule has 6 nitrogen and oxygen atoms in total. The Balaban J connectivity index is 1.29. The Labute approximate surface area is 247 Å². The van der Waals surface area contributed by atoms with Crippen molar-refractivity contribution in [3.05, 3.63) is 63.8 Å². The first-order chi connectivity index (χ1) is 19.9. The Morgan fingerprint density at radius 1 is 1.17 bits per heavy atom. The molecule has 0 radical (unpaired) electrons. The molecule has 0 saturated carbocycles. The van der Waals surface area contributed by atoms with Crippen LogP contribution >= 0.6 is 11.3 Å². The lowest BCUT2D eigenvalue weighted by Crippen LogP contribution is -2.36. The van der Waals surface area contributed by atoms with Crippen LogP contribution in [0.5, 0.6) is 5.75 Å². The minimum Gasteiger partial charge on any atom is -0.488 e. The SMILES string of the molecule is CCCC(CC)N1CCc2cc(COc3c(C)cccc3-c3csc(N4CCC(C(=O)O)CC4)n3)cc(F)c2CC1. The van der Waals surface area contributed by atoms with Gasteiger partial charge in [-0.3, -0.25) is 9.69 Å². The molecule has 0 bridgehead atoms. The number of piperidine rings is 1. The van der Waals surface area contributed by atoms with Gasteiger partial charge in [0.1, 0.15) is 18.2 Å². The molecule has 2 aliphatic heterocycles. The van der Waals surface area contributed by atoms with Gasteiger partial charge in [0.25, 0.3) is 0 Å². The van der Waals surface area contributed by atoms with Crippen LogP contribution in [0, 0.1) is 18.7 Å². The van der Waals surface area contributed by atoms with Gasteiger partial charge < -0.3 is 14.7 Å². The number of benzene rings is 2. The number of fused-ring (bicyclic) bond motifs is 1. The predicted octanol–water partition coefficient (Wildman–Crippen LogP) is 7.12. The van der Waals surface area contributed by atoms with Crippen molar-refractivity contribution in [3.63, 3.8) is 0 Å². The number of nitrogens with zero attached hydrogens (tertiary/aromatic N) is 3. The van der Waals surface area contributed by atoms with Gasteiger partial charge in [-0.2, -0.15) is 0 Å². The summed E-state index contributed by atoms with van der Waals surface area (Å²) in [5.41, 5.74) is 5.59. The third kappa shape index (κ3) is 6.75. The van der Waals surface area contributed by atoms with Gasteiger partial charge in [0.2, 0.25) is 0 Å². The van der Waals surface area contributed by atoms with E-state index in [2.05, 4.69) is 29.7 Å². The molecular weight excluding hydrogens is 537 g/mol. The summed E-state index contributed by atoms with van der Waals surface area (Å²) in [7, 11) is 0. The Hall–Kier alpha value is -2.97. The summed E-state index contributed by atoms with van der Waals surface area (Å²) in [6.45, 7) is 10.1. The highest BCUT2D eigenvalue weighted by atomic mass is 32.1. The van der Waals surface area contributed by atoms with E-state index in [9.17, 15) is 9.90 Å². The number of aliphatic carboxylic acids is 1. The van der Waals surface area contributed by atoms with Crippen molar-refractivity contribution in [3.8, 4) is 17.0 Å². The van der Waals surface area contributed by atoms with E-state index in [4.69, 9.17) is 9.72 Å². The Bertz CT molecular complexity index is 1350. The molecule has 1 saturated heterocycles. The van der Waals surface area contributed by atoms with Gasteiger partial charge in [-0.25, -0.2) is 9.37 Å². The number of thiazole rings is 1. The van der Waals surface area contributed by atoms with Crippen molar-refractivity contribution in [1.29, 1.82) is 0 Å². The Morgan fingerprint density at radius 2 is 1.95 bits per heavy atom. The van der Waals surface area contributed by atoms with Crippen LogP contribution in [-0.2, 0) is 24.2 Å². The molecule has 1 atom stereocenters. The number of carbonyl (C=O) groups is 1. The zero-order valence-electron chi connectivity index (χ0n) is 24.5. The molecule has 1 aromatic heterocycles. The number of rotatable bonds is 10. The number of hydrogen-bond donors (Lipinski definition) is 1. The van der Waals surface area contributed by atoms with Crippen molar-refractivity contribution < 1.29 is 19.0 Å². The first-order valence-corrected chi connectivity index (χ1v) is 16.0. The topological polar surface area (TPSA) is 65.9 Å². The minimum absolute atomic E-state index is 0.118. The number of carboxylic acid groups (broad SMARTS) is 1. The summed E-state index contributed by atoms with van der Waals surface area (Å²) in [4.78, 5) is 21.0. The third-order valence-corrected chi connectivity index (χ3v) is 9.65. The maximum Gasteiger partial charge on any atom is 0.306 e. The number of aryl methyl sites for hydroxylation is 1. The van der Waals surface area contributed by atoms with Gasteiger partial charge >= 0.3 is 5.97 Å². The van der Waals surface area contributed by atoms with Crippen molar-refractivity contribution in [1.82, 2.24) is 9.88 Å². The molecule has 41 heavy (non-hydrogen) atoms. The highest BCUT2D eigenvalue weighted by molar-refractivity contribution is 7.14. The molecule has 1 N–H and O–H groups in total. The van der Waals surface area contributed by atoms with Crippen LogP contribution in [0.15, 0.2) is 35.7 Å². The monoisotopic (exact) mass is 579 g/mol. The summed E-state index contributed by atoms with van der Waals surface area (Å²) < 4.78 is 21.7. The van der Waals surface area contributed by atoms with Crippen molar-refractivity contribution in [2.75, 3.05) is 31.1 Å². The molecular formula is C33H42FN3O3S. The number of aromatic nitrogens is 1. The first-order valence-electron chi connectivity index (χ1n) is 15.1. The fourth-order valence-corrected chi connectivity index (χ4v) is 7.25. The smallest absolute Gasteiger partial charge is 0.306 e. The summed E-state index contributed by atoms with van der Waals surface area (Å²) in [5, 5.41) is 12.3. The van der Waals surface area contributed by atoms with E-state index in [1.165, 1.54) is 12.8 Å². The summed E-state index contributed by atoms with van der Waals surface area (Å²) in [6, 6.07) is 10.4. The number of para-hydroxylation sites is 1. The van der Waals surface area contributed by atoms with Crippen LogP contribution < -0.4 is 9.64 Å². The van der Waals surface area contributed by atoms with Gasteiger partial charge in [0.05, 0.1) is 11.6 Å². The van der Waals surface area contributed by atoms with E-state index < -0.39 is 5.97 Å². The fraction of sp³-hybridized carbons (Fsp3) is 0.515. The third-order valence-electron chi connectivity index (χ3n) is 8.75. The van der Waals surface area contributed by atoms with Crippen LogP contribution in [0.3, 0.4) is 0 Å². The maximum absolute atomic E-state index is 15.3. The van der Waals surface area contributed by atoms with E-state index in [1.54, 1.807) is 17.4 Å². The van der Waals surface area contributed by atoms with Crippen LogP contribution in [0.2, 0.25) is 0 Å². The van der Waals surface area contributed by atoms with Crippen LogP contribution in [0.4, 0.5) is 9.52 Å². The Morgan fingerprint density at radius 3 is 2.68 bits per heavy atom. The van der Waals surface area contributed by atoms with Crippen LogP contribution in [0.25, 0.3) is 11.3 Å². The minimum atomic E-state index is -0.709. The molecule has 0 aliphatic carbocycles. The molecule has 2 aliphatic rings. The van der Waals surface area contributed by atoms with Crippen LogP contribution in [0.1, 0.15) is 68.2 Å². The van der Waals surface area contributed by atoms with Gasteiger partial charge in [0.15, 0.2) is 5.13 Å². The fourth-order valence-electron chi connectivity index (χ4n) is 6.37. The molecule has 220 valence electrons.